The first kappa shape index (κ1) is 15.1. The molecule has 0 fully saturated rings. The smallest absolute Gasteiger partial charge is 0.258 e. The molecular weight excluding hydrogens is 292 g/mol. The van der Waals surface area contributed by atoms with Crippen molar-refractivity contribution < 1.29 is 14.3 Å². The lowest BCUT2D eigenvalue weighted by molar-refractivity contribution is -0.123. The zero-order valence-electron chi connectivity index (χ0n) is 12.9. The molecule has 2 N–H and O–H groups in total. The molecule has 5 nitrogen and oxygen atoms in total. The highest BCUT2D eigenvalue weighted by molar-refractivity contribution is 5.99. The van der Waals surface area contributed by atoms with E-state index in [0.717, 1.165) is 22.4 Å². The molecule has 0 spiro atoms. The maximum absolute atomic E-state index is 11.9. The Hall–Kier alpha value is -2.82. The van der Waals surface area contributed by atoms with Gasteiger partial charge in [0.05, 0.1) is 6.42 Å². The van der Waals surface area contributed by atoms with Gasteiger partial charge in [-0.1, -0.05) is 30.3 Å². The molecule has 0 bridgehead atoms. The quantitative estimate of drug-likeness (QED) is 0.889. The number of ether oxygens (including phenoxy) is 1. The third-order valence-electron chi connectivity index (χ3n) is 3.74. The number of carbonyl (C=O) groups excluding carboxylic acids is 2. The third-order valence-corrected chi connectivity index (χ3v) is 3.74. The minimum atomic E-state index is -0.178. The molecule has 0 unspecified atom stereocenters. The molecule has 0 saturated carbocycles. The molecule has 3 rings (SSSR count). The SMILES string of the molecule is Cc1ccccc1OCC(=O)NCc1ccc2c(c1)CC(=O)N2. The van der Waals surface area contributed by atoms with Crippen LogP contribution >= 0.6 is 0 Å². The lowest BCUT2D eigenvalue weighted by Crippen LogP contribution is -2.28. The standard InChI is InChI=1S/C18H18N2O3/c1-12-4-2-3-5-16(12)23-11-18(22)19-10-13-6-7-15-14(8-13)9-17(21)20-15/h2-8H,9-11H2,1H3,(H,19,22)(H,20,21). The Balaban J connectivity index is 1.51. The number of nitrogens with one attached hydrogen (secondary N) is 2. The monoisotopic (exact) mass is 310 g/mol. The molecule has 1 heterocycles. The summed E-state index contributed by atoms with van der Waals surface area (Å²) in [6, 6.07) is 13.3. The van der Waals surface area contributed by atoms with Crippen LogP contribution in [0.1, 0.15) is 16.7 Å². The van der Waals surface area contributed by atoms with E-state index < -0.39 is 0 Å². The number of para-hydroxylation sites is 1. The number of fused-ring (bicyclic) bond motifs is 1. The van der Waals surface area contributed by atoms with Crippen molar-refractivity contribution in [1.29, 1.82) is 0 Å². The molecule has 23 heavy (non-hydrogen) atoms. The van der Waals surface area contributed by atoms with Crippen molar-refractivity contribution in [3.63, 3.8) is 0 Å². The molecule has 1 aliphatic rings. The molecule has 0 aromatic heterocycles. The number of hydrogen-bond acceptors (Lipinski definition) is 3. The Labute approximate surface area is 134 Å². The largest absolute Gasteiger partial charge is 0.484 e. The van der Waals surface area contributed by atoms with Gasteiger partial charge in [0.15, 0.2) is 6.61 Å². The molecule has 0 radical (unpaired) electrons. The van der Waals surface area contributed by atoms with Gasteiger partial charge in [-0.05, 0) is 35.7 Å². The predicted octanol–water partition coefficient (Wildman–Crippen LogP) is 2.18. The summed E-state index contributed by atoms with van der Waals surface area (Å²) >= 11 is 0. The van der Waals surface area contributed by atoms with Crippen LogP contribution in [0.5, 0.6) is 5.75 Å². The fourth-order valence-corrected chi connectivity index (χ4v) is 2.51. The molecule has 2 aromatic rings. The number of anilines is 1. The van der Waals surface area contributed by atoms with Gasteiger partial charge in [-0.2, -0.15) is 0 Å². The van der Waals surface area contributed by atoms with Gasteiger partial charge in [-0.25, -0.2) is 0 Å². The number of aryl methyl sites for hydroxylation is 1. The zero-order valence-corrected chi connectivity index (χ0v) is 12.9. The van der Waals surface area contributed by atoms with Gasteiger partial charge in [-0.15, -0.1) is 0 Å². The summed E-state index contributed by atoms with van der Waals surface area (Å²) in [6.45, 7) is 2.33. The Bertz CT molecular complexity index is 756. The normalized spacial score (nSPS) is 12.5. The average Bonchev–Trinajstić information content (AvgIpc) is 2.91. The highest BCUT2D eigenvalue weighted by atomic mass is 16.5. The second kappa shape index (κ2) is 6.52. The summed E-state index contributed by atoms with van der Waals surface area (Å²) in [5.74, 6) is 0.542. The minimum absolute atomic E-state index is 0.00724. The summed E-state index contributed by atoms with van der Waals surface area (Å²) in [6.07, 6.45) is 0.396. The number of amides is 2. The molecule has 2 amide bonds. The molecular formula is C18H18N2O3. The maximum atomic E-state index is 11.9. The lowest BCUT2D eigenvalue weighted by Gasteiger charge is -2.10. The van der Waals surface area contributed by atoms with Crippen LogP contribution in [0.25, 0.3) is 0 Å². The fourth-order valence-electron chi connectivity index (χ4n) is 2.51. The van der Waals surface area contributed by atoms with Crippen LogP contribution < -0.4 is 15.4 Å². The second-order valence-corrected chi connectivity index (χ2v) is 5.55. The van der Waals surface area contributed by atoms with E-state index in [-0.39, 0.29) is 18.4 Å². The Morgan fingerprint density at radius 3 is 2.91 bits per heavy atom. The molecule has 1 aliphatic heterocycles. The molecule has 2 aromatic carbocycles. The zero-order chi connectivity index (χ0) is 16.2. The van der Waals surface area contributed by atoms with Gasteiger partial charge in [0.1, 0.15) is 5.75 Å². The van der Waals surface area contributed by atoms with E-state index in [9.17, 15) is 9.59 Å². The van der Waals surface area contributed by atoms with Crippen molar-refractivity contribution in [3.05, 3.63) is 59.2 Å². The van der Waals surface area contributed by atoms with E-state index in [2.05, 4.69) is 10.6 Å². The van der Waals surface area contributed by atoms with Crippen LogP contribution in [0.15, 0.2) is 42.5 Å². The minimum Gasteiger partial charge on any atom is -0.484 e. The van der Waals surface area contributed by atoms with E-state index in [4.69, 9.17) is 4.74 Å². The highest BCUT2D eigenvalue weighted by Gasteiger charge is 2.17. The third kappa shape index (κ3) is 3.69. The first-order chi connectivity index (χ1) is 11.1. The van der Waals surface area contributed by atoms with Crippen LogP contribution in [0.2, 0.25) is 0 Å². The fraction of sp³-hybridized carbons (Fsp3) is 0.222. The Morgan fingerprint density at radius 2 is 2.09 bits per heavy atom. The predicted molar refractivity (Wildman–Crippen MR) is 87.3 cm³/mol. The second-order valence-electron chi connectivity index (χ2n) is 5.55. The number of rotatable bonds is 5. The Kier molecular flexibility index (Phi) is 4.28. The molecule has 118 valence electrons. The van der Waals surface area contributed by atoms with Gasteiger partial charge in [-0.3, -0.25) is 9.59 Å². The van der Waals surface area contributed by atoms with Crippen LogP contribution in [0.3, 0.4) is 0 Å². The van der Waals surface area contributed by atoms with Gasteiger partial charge in [0.2, 0.25) is 5.91 Å². The molecule has 5 heteroatoms. The summed E-state index contributed by atoms with van der Waals surface area (Å²) in [7, 11) is 0. The number of benzene rings is 2. The van der Waals surface area contributed by atoms with Crippen molar-refractivity contribution in [1.82, 2.24) is 5.32 Å². The van der Waals surface area contributed by atoms with Crippen LogP contribution in [-0.4, -0.2) is 18.4 Å². The highest BCUT2D eigenvalue weighted by Crippen LogP contribution is 2.23. The van der Waals surface area contributed by atoms with Crippen molar-refractivity contribution in [2.45, 2.75) is 19.9 Å². The summed E-state index contributed by atoms with van der Waals surface area (Å²) < 4.78 is 5.51. The summed E-state index contributed by atoms with van der Waals surface area (Å²) in [5, 5.41) is 5.61. The Morgan fingerprint density at radius 1 is 1.26 bits per heavy atom. The average molecular weight is 310 g/mol. The van der Waals surface area contributed by atoms with E-state index in [0.29, 0.717) is 18.7 Å². The van der Waals surface area contributed by atoms with Gasteiger partial charge in [0, 0.05) is 12.2 Å². The van der Waals surface area contributed by atoms with Crippen molar-refractivity contribution in [2.24, 2.45) is 0 Å². The molecule has 0 saturated heterocycles. The summed E-state index contributed by atoms with van der Waals surface area (Å²) in [5.41, 5.74) is 3.78. The van der Waals surface area contributed by atoms with Crippen LogP contribution in [0.4, 0.5) is 5.69 Å². The van der Waals surface area contributed by atoms with Crippen molar-refractivity contribution in [2.75, 3.05) is 11.9 Å². The van der Waals surface area contributed by atoms with Gasteiger partial charge >= 0.3 is 0 Å². The number of hydrogen-bond donors (Lipinski definition) is 2. The summed E-state index contributed by atoms with van der Waals surface area (Å²) in [4.78, 5) is 23.2. The van der Waals surface area contributed by atoms with E-state index in [1.807, 2.05) is 49.4 Å². The van der Waals surface area contributed by atoms with Crippen LogP contribution in [-0.2, 0) is 22.6 Å². The lowest BCUT2D eigenvalue weighted by atomic mass is 10.1. The number of carbonyl (C=O) groups is 2. The van der Waals surface area contributed by atoms with Gasteiger partial charge < -0.3 is 15.4 Å². The van der Waals surface area contributed by atoms with Crippen molar-refractivity contribution >= 4 is 17.5 Å². The maximum Gasteiger partial charge on any atom is 0.258 e. The van der Waals surface area contributed by atoms with Crippen LogP contribution in [0, 0.1) is 6.92 Å². The first-order valence-electron chi connectivity index (χ1n) is 7.48. The molecule has 0 aliphatic carbocycles. The van der Waals surface area contributed by atoms with Gasteiger partial charge in [0.25, 0.3) is 5.91 Å². The first-order valence-corrected chi connectivity index (χ1v) is 7.48. The van der Waals surface area contributed by atoms with E-state index in [1.54, 1.807) is 0 Å². The van der Waals surface area contributed by atoms with E-state index in [1.165, 1.54) is 0 Å². The molecule has 0 atom stereocenters. The van der Waals surface area contributed by atoms with Crippen molar-refractivity contribution in [3.8, 4) is 5.75 Å². The van der Waals surface area contributed by atoms with E-state index >= 15 is 0 Å². The topological polar surface area (TPSA) is 67.4 Å².